The van der Waals surface area contributed by atoms with Gasteiger partial charge in [-0.3, -0.25) is 4.79 Å². The van der Waals surface area contributed by atoms with Gasteiger partial charge in [-0.2, -0.15) is 0 Å². The number of aromatic nitrogens is 2. The molecular formula is C18H19N3O4S. The fraction of sp³-hybridized carbons (Fsp3) is 0.278. The van der Waals surface area contributed by atoms with E-state index >= 15 is 0 Å². The summed E-state index contributed by atoms with van der Waals surface area (Å²) in [6.07, 6.45) is 1.81. The molecular weight excluding hydrogens is 354 g/mol. The van der Waals surface area contributed by atoms with Gasteiger partial charge in [0.25, 0.3) is 5.56 Å². The van der Waals surface area contributed by atoms with Gasteiger partial charge in [0.2, 0.25) is 0 Å². The van der Waals surface area contributed by atoms with Crippen LogP contribution in [0.15, 0.2) is 45.5 Å². The summed E-state index contributed by atoms with van der Waals surface area (Å²) in [4.78, 5) is 32.5. The number of rotatable bonds is 4. The number of esters is 1. The van der Waals surface area contributed by atoms with E-state index in [1.54, 1.807) is 26.0 Å². The molecule has 2 heterocycles. The first-order valence-corrected chi connectivity index (χ1v) is 9.30. The maximum atomic E-state index is 12.8. The molecule has 0 aliphatic carbocycles. The average Bonchev–Trinajstić information content (AvgIpc) is 2.60. The zero-order valence-electron chi connectivity index (χ0n) is 14.6. The number of hydrogen-bond acceptors (Lipinski definition) is 7. The van der Waals surface area contributed by atoms with Crippen molar-refractivity contribution in [1.29, 1.82) is 0 Å². The second kappa shape index (κ2) is 7.25. The highest BCUT2D eigenvalue weighted by Gasteiger charge is 2.36. The molecule has 136 valence electrons. The van der Waals surface area contributed by atoms with Crippen LogP contribution >= 0.6 is 11.8 Å². The minimum Gasteiger partial charge on any atom is -0.508 e. The number of benzene rings is 1. The smallest absolute Gasteiger partial charge is 0.336 e. The molecule has 0 amide bonds. The minimum absolute atomic E-state index is 0.0496. The number of phenols is 1. The topological polar surface area (TPSA) is 104 Å². The lowest BCUT2D eigenvalue weighted by Gasteiger charge is -2.28. The van der Waals surface area contributed by atoms with E-state index in [0.29, 0.717) is 33.4 Å². The van der Waals surface area contributed by atoms with Gasteiger partial charge in [-0.05, 0) is 37.8 Å². The van der Waals surface area contributed by atoms with Crippen molar-refractivity contribution in [3.8, 4) is 5.75 Å². The van der Waals surface area contributed by atoms with Gasteiger partial charge in [-0.25, -0.2) is 9.78 Å². The Bertz CT molecular complexity index is 952. The van der Waals surface area contributed by atoms with Crippen molar-refractivity contribution in [1.82, 2.24) is 9.97 Å². The molecule has 1 unspecified atom stereocenters. The molecule has 0 radical (unpaired) electrons. The molecule has 1 aliphatic rings. The molecule has 1 atom stereocenters. The first-order chi connectivity index (χ1) is 12.5. The lowest BCUT2D eigenvalue weighted by Crippen LogP contribution is -2.31. The predicted octanol–water partition coefficient (Wildman–Crippen LogP) is 2.59. The fourth-order valence-corrected chi connectivity index (χ4v) is 3.42. The van der Waals surface area contributed by atoms with Crippen molar-refractivity contribution < 1.29 is 14.6 Å². The van der Waals surface area contributed by atoms with Gasteiger partial charge in [-0.15, -0.1) is 0 Å². The molecule has 0 bridgehead atoms. The summed E-state index contributed by atoms with van der Waals surface area (Å²) in [6, 6.07) is 6.50. The summed E-state index contributed by atoms with van der Waals surface area (Å²) >= 11 is 1.32. The van der Waals surface area contributed by atoms with E-state index in [9.17, 15) is 14.7 Å². The standard InChI is InChI=1S/C18H19N3O4S/c1-4-25-17(24)12-9(2)19-15-14(16(23)21-18(20-15)26-3)13(12)10-6-5-7-11(22)8-10/h5-8,13,22H,4H2,1-3H3,(H2,19,20,21,23). The third-order valence-electron chi connectivity index (χ3n) is 4.11. The van der Waals surface area contributed by atoms with Crippen LogP contribution in [0.25, 0.3) is 0 Å². The van der Waals surface area contributed by atoms with E-state index in [-0.39, 0.29) is 17.9 Å². The molecule has 1 aromatic carbocycles. The van der Waals surface area contributed by atoms with Crippen molar-refractivity contribution >= 4 is 23.5 Å². The predicted molar refractivity (Wildman–Crippen MR) is 99.5 cm³/mol. The van der Waals surface area contributed by atoms with Crippen LogP contribution in [0, 0.1) is 0 Å². The Labute approximate surface area is 154 Å². The van der Waals surface area contributed by atoms with Crippen molar-refractivity contribution in [2.75, 3.05) is 18.2 Å². The van der Waals surface area contributed by atoms with Crippen LogP contribution in [-0.4, -0.2) is 33.9 Å². The Kier molecular flexibility index (Phi) is 5.03. The maximum Gasteiger partial charge on any atom is 0.336 e. The number of aromatic hydroxyl groups is 1. The Morgan fingerprint density at radius 1 is 1.42 bits per heavy atom. The summed E-state index contributed by atoms with van der Waals surface area (Å²) in [5.41, 5.74) is 1.49. The van der Waals surface area contributed by atoms with Crippen LogP contribution in [0.3, 0.4) is 0 Å². The molecule has 7 nitrogen and oxygen atoms in total. The number of aromatic amines is 1. The molecule has 2 aromatic rings. The maximum absolute atomic E-state index is 12.8. The molecule has 0 fully saturated rings. The van der Waals surface area contributed by atoms with Crippen molar-refractivity contribution in [3.05, 3.63) is 57.0 Å². The van der Waals surface area contributed by atoms with Gasteiger partial charge in [0.15, 0.2) is 5.16 Å². The van der Waals surface area contributed by atoms with Crippen LogP contribution in [0.2, 0.25) is 0 Å². The molecule has 26 heavy (non-hydrogen) atoms. The lowest BCUT2D eigenvalue weighted by atomic mass is 9.82. The number of nitrogens with zero attached hydrogens (tertiary/aromatic N) is 1. The van der Waals surface area contributed by atoms with E-state index in [0.717, 1.165) is 0 Å². The SMILES string of the molecule is CCOC(=O)C1=C(C)Nc2nc(SC)[nH]c(=O)c2C1c1cccc(O)c1. The van der Waals surface area contributed by atoms with Gasteiger partial charge in [-0.1, -0.05) is 23.9 Å². The summed E-state index contributed by atoms with van der Waals surface area (Å²) in [5.74, 6) is -0.750. The number of hydrogen-bond donors (Lipinski definition) is 3. The second-order valence-corrected chi connectivity index (χ2v) is 6.54. The second-order valence-electron chi connectivity index (χ2n) is 5.75. The van der Waals surface area contributed by atoms with Crippen LogP contribution < -0.4 is 10.9 Å². The monoisotopic (exact) mass is 373 g/mol. The third-order valence-corrected chi connectivity index (χ3v) is 4.69. The number of allylic oxidation sites excluding steroid dienone is 1. The number of nitrogens with one attached hydrogen (secondary N) is 2. The van der Waals surface area contributed by atoms with Crippen molar-refractivity contribution in [3.63, 3.8) is 0 Å². The van der Waals surface area contributed by atoms with Gasteiger partial charge in [0, 0.05) is 5.70 Å². The Morgan fingerprint density at radius 3 is 2.85 bits per heavy atom. The van der Waals surface area contributed by atoms with Crippen molar-refractivity contribution in [2.24, 2.45) is 0 Å². The molecule has 0 saturated heterocycles. The normalized spacial score (nSPS) is 16.0. The van der Waals surface area contributed by atoms with Crippen LogP contribution in [-0.2, 0) is 9.53 Å². The first-order valence-electron chi connectivity index (χ1n) is 8.08. The Balaban J connectivity index is 2.27. The van der Waals surface area contributed by atoms with E-state index in [4.69, 9.17) is 4.74 Å². The molecule has 0 saturated carbocycles. The summed E-state index contributed by atoms with van der Waals surface area (Å²) in [5, 5.41) is 13.4. The summed E-state index contributed by atoms with van der Waals surface area (Å²) in [7, 11) is 0. The van der Waals surface area contributed by atoms with Gasteiger partial charge in [0.1, 0.15) is 11.6 Å². The molecule has 3 rings (SSSR count). The van der Waals surface area contributed by atoms with Gasteiger partial charge < -0.3 is 20.1 Å². The molecule has 1 aliphatic heterocycles. The quantitative estimate of drug-likeness (QED) is 0.430. The molecule has 8 heteroatoms. The first kappa shape index (κ1) is 18.1. The fourth-order valence-electron chi connectivity index (χ4n) is 3.04. The largest absolute Gasteiger partial charge is 0.508 e. The van der Waals surface area contributed by atoms with Gasteiger partial charge >= 0.3 is 5.97 Å². The highest BCUT2D eigenvalue weighted by Crippen LogP contribution is 2.40. The Hall–Kier alpha value is -2.74. The zero-order chi connectivity index (χ0) is 18.8. The number of thioether (sulfide) groups is 1. The lowest BCUT2D eigenvalue weighted by molar-refractivity contribution is -0.138. The van der Waals surface area contributed by atoms with Crippen molar-refractivity contribution in [2.45, 2.75) is 24.9 Å². The highest BCUT2D eigenvalue weighted by atomic mass is 32.2. The van der Waals surface area contributed by atoms with E-state index in [2.05, 4.69) is 15.3 Å². The highest BCUT2D eigenvalue weighted by molar-refractivity contribution is 7.98. The number of phenolic OH excluding ortho intramolecular Hbond substituents is 1. The number of anilines is 1. The number of carbonyl (C=O) groups excluding carboxylic acids is 1. The Morgan fingerprint density at radius 2 is 2.19 bits per heavy atom. The van der Waals surface area contributed by atoms with Crippen LogP contribution in [0.4, 0.5) is 5.82 Å². The molecule has 1 aromatic heterocycles. The third kappa shape index (κ3) is 3.20. The van der Waals surface area contributed by atoms with Crippen LogP contribution in [0.5, 0.6) is 5.75 Å². The zero-order valence-corrected chi connectivity index (χ0v) is 15.4. The van der Waals surface area contributed by atoms with Crippen LogP contribution in [0.1, 0.15) is 30.9 Å². The van der Waals surface area contributed by atoms with E-state index in [1.807, 2.05) is 6.26 Å². The summed E-state index contributed by atoms with van der Waals surface area (Å²) < 4.78 is 5.20. The number of H-pyrrole nitrogens is 1. The average molecular weight is 373 g/mol. The van der Waals surface area contributed by atoms with E-state index < -0.39 is 11.9 Å². The molecule has 3 N–H and O–H groups in total. The number of ether oxygens (including phenoxy) is 1. The summed E-state index contributed by atoms with van der Waals surface area (Å²) in [6.45, 7) is 3.68. The minimum atomic E-state index is -0.690. The number of carbonyl (C=O) groups is 1. The molecule has 0 spiro atoms. The number of fused-ring (bicyclic) bond motifs is 1. The van der Waals surface area contributed by atoms with E-state index in [1.165, 1.54) is 23.9 Å². The van der Waals surface area contributed by atoms with Gasteiger partial charge in [0.05, 0.1) is 23.7 Å².